The molecule has 1 aromatic carbocycles. The van der Waals surface area contributed by atoms with Crippen LogP contribution in [0.1, 0.15) is 64.9 Å². The quantitative estimate of drug-likeness (QED) is 0.609. The molecule has 1 aliphatic heterocycles. The van der Waals surface area contributed by atoms with Gasteiger partial charge in [0.1, 0.15) is 11.6 Å². The molecule has 2 aliphatic carbocycles. The zero-order chi connectivity index (χ0) is 20.4. The molecule has 148 valence electrons. The number of halogens is 2. The molecule has 1 fully saturated rings. The molecule has 28 heavy (non-hydrogen) atoms. The number of nitrogens with zero attached hydrogens (tertiary/aromatic N) is 1. The van der Waals surface area contributed by atoms with E-state index in [1.54, 1.807) is 12.1 Å². The number of Topliss-reactive ketones (excluding diaryl/α,β-unsaturated/α-hetero) is 2. The second-order valence-electron chi connectivity index (χ2n) is 10.0. The third-order valence-electron chi connectivity index (χ3n) is 6.14. The van der Waals surface area contributed by atoms with E-state index in [1.165, 1.54) is 6.07 Å². The molecule has 1 saturated carbocycles. The number of fused-ring (bicyclic) bond motifs is 1. The first-order valence-corrected chi connectivity index (χ1v) is 10.2. The minimum Gasteiger partial charge on any atom is -0.299 e. The molecule has 3 aliphatic rings. The average molecular weight is 402 g/mol. The van der Waals surface area contributed by atoms with Gasteiger partial charge in [0.25, 0.3) is 0 Å². The van der Waals surface area contributed by atoms with Gasteiger partial charge in [-0.1, -0.05) is 45.4 Å². The minimum absolute atomic E-state index is 0.0101. The molecular weight excluding hydrogens is 377 g/mol. The summed E-state index contributed by atoms with van der Waals surface area (Å²) in [6.45, 7) is 8.29. The first-order chi connectivity index (χ1) is 13.0. The number of carbonyl (C=O) groups excluding carboxylic acids is 2. The van der Waals surface area contributed by atoms with Crippen LogP contribution in [0.15, 0.2) is 34.5 Å². The fraction of sp³-hybridized carbons (Fsp3) is 0.522. The summed E-state index contributed by atoms with van der Waals surface area (Å²) in [6.07, 6.45) is 2.30. The molecule has 0 amide bonds. The van der Waals surface area contributed by atoms with Gasteiger partial charge in [-0.25, -0.2) is 4.39 Å². The van der Waals surface area contributed by atoms with Crippen LogP contribution in [-0.4, -0.2) is 17.3 Å². The van der Waals surface area contributed by atoms with Crippen LogP contribution in [-0.2, 0) is 9.59 Å². The van der Waals surface area contributed by atoms with Crippen LogP contribution in [0.25, 0.3) is 0 Å². The maximum absolute atomic E-state index is 13.8. The summed E-state index contributed by atoms with van der Waals surface area (Å²) in [6, 6.07) is 4.53. The van der Waals surface area contributed by atoms with Crippen molar-refractivity contribution in [3.05, 3.63) is 45.9 Å². The lowest BCUT2D eigenvalue weighted by Gasteiger charge is -2.44. The van der Waals surface area contributed by atoms with Gasteiger partial charge in [0.15, 0.2) is 5.78 Å². The van der Waals surface area contributed by atoms with Gasteiger partial charge in [-0.3, -0.25) is 14.6 Å². The Morgan fingerprint density at radius 3 is 2.36 bits per heavy atom. The lowest BCUT2D eigenvalue weighted by Crippen LogP contribution is -2.45. The topological polar surface area (TPSA) is 46.5 Å². The zero-order valence-electron chi connectivity index (χ0n) is 16.7. The Labute approximate surface area is 170 Å². The molecule has 1 heterocycles. The van der Waals surface area contributed by atoms with E-state index in [1.807, 2.05) is 0 Å². The second kappa shape index (κ2) is 6.35. The van der Waals surface area contributed by atoms with Crippen molar-refractivity contribution in [1.82, 2.24) is 0 Å². The predicted octanol–water partition coefficient (Wildman–Crippen LogP) is 5.67. The van der Waals surface area contributed by atoms with Gasteiger partial charge in [-0.15, -0.1) is 0 Å². The maximum Gasteiger partial charge on any atom is 0.161 e. The van der Waals surface area contributed by atoms with E-state index in [2.05, 4.69) is 27.7 Å². The normalized spacial score (nSPS) is 28.6. The largest absolute Gasteiger partial charge is 0.299 e. The highest BCUT2D eigenvalue weighted by molar-refractivity contribution is 6.30. The van der Waals surface area contributed by atoms with Crippen LogP contribution in [0.4, 0.5) is 4.39 Å². The Morgan fingerprint density at radius 2 is 1.68 bits per heavy atom. The summed E-state index contributed by atoms with van der Waals surface area (Å²) >= 11 is 6.06. The number of rotatable bonds is 1. The third kappa shape index (κ3) is 3.26. The van der Waals surface area contributed by atoms with E-state index in [4.69, 9.17) is 16.6 Å². The molecule has 0 aromatic heterocycles. The third-order valence-corrected chi connectivity index (χ3v) is 6.43. The van der Waals surface area contributed by atoms with Crippen molar-refractivity contribution in [2.75, 3.05) is 0 Å². The van der Waals surface area contributed by atoms with E-state index in [-0.39, 0.29) is 27.4 Å². The lowest BCUT2D eigenvalue weighted by atomic mass is 9.60. The monoisotopic (exact) mass is 401 g/mol. The van der Waals surface area contributed by atoms with Crippen molar-refractivity contribution in [2.45, 2.75) is 59.3 Å². The van der Waals surface area contributed by atoms with Crippen LogP contribution in [0.2, 0.25) is 5.02 Å². The molecule has 0 N–H and O–H groups in total. The number of hydrogen-bond acceptors (Lipinski definition) is 3. The van der Waals surface area contributed by atoms with Gasteiger partial charge < -0.3 is 0 Å². The van der Waals surface area contributed by atoms with Crippen molar-refractivity contribution < 1.29 is 14.0 Å². The molecule has 4 rings (SSSR count). The van der Waals surface area contributed by atoms with E-state index >= 15 is 0 Å². The summed E-state index contributed by atoms with van der Waals surface area (Å²) in [5.74, 6) is -1.25. The Morgan fingerprint density at radius 1 is 1.00 bits per heavy atom. The van der Waals surface area contributed by atoms with E-state index < -0.39 is 17.7 Å². The van der Waals surface area contributed by atoms with E-state index in [0.717, 1.165) is 23.4 Å². The van der Waals surface area contributed by atoms with Gasteiger partial charge >= 0.3 is 0 Å². The summed E-state index contributed by atoms with van der Waals surface area (Å²) in [5.41, 5.74) is 2.69. The van der Waals surface area contributed by atoms with Crippen molar-refractivity contribution >= 4 is 28.9 Å². The second-order valence-corrected chi connectivity index (χ2v) is 10.4. The SMILES string of the molecule is CC1(C)CC(=O)C2C(=NC3=C(C(=O)CC(C)(C)C3)C2c2ccc(F)c(Cl)c2)C1. The maximum atomic E-state index is 13.8. The molecule has 5 heteroatoms. The van der Waals surface area contributed by atoms with Gasteiger partial charge in [0.05, 0.1) is 10.9 Å². The number of carbonyl (C=O) groups is 2. The Bertz CT molecular complexity index is 957. The molecular formula is C23H25ClFNO2. The summed E-state index contributed by atoms with van der Waals surface area (Å²) in [5, 5.41) is 0.0101. The highest BCUT2D eigenvalue weighted by Crippen LogP contribution is 2.51. The Kier molecular flexibility index (Phi) is 4.42. The number of benzene rings is 1. The molecule has 0 bridgehead atoms. The van der Waals surface area contributed by atoms with E-state index in [9.17, 15) is 14.0 Å². The summed E-state index contributed by atoms with van der Waals surface area (Å²) in [4.78, 5) is 31.2. The van der Waals surface area contributed by atoms with Crippen LogP contribution < -0.4 is 0 Å². The van der Waals surface area contributed by atoms with Gasteiger partial charge in [-0.05, 0) is 41.4 Å². The summed E-state index contributed by atoms with van der Waals surface area (Å²) < 4.78 is 13.8. The lowest BCUT2D eigenvalue weighted by molar-refractivity contribution is -0.124. The fourth-order valence-corrected chi connectivity index (χ4v) is 5.27. The average Bonchev–Trinajstić information content (AvgIpc) is 2.53. The minimum atomic E-state index is -0.503. The van der Waals surface area contributed by atoms with Crippen molar-refractivity contribution in [3.63, 3.8) is 0 Å². The molecule has 2 unspecified atom stereocenters. The molecule has 0 radical (unpaired) electrons. The van der Waals surface area contributed by atoms with Gasteiger partial charge in [-0.2, -0.15) is 0 Å². The predicted molar refractivity (Wildman–Crippen MR) is 108 cm³/mol. The van der Waals surface area contributed by atoms with Crippen molar-refractivity contribution in [1.29, 1.82) is 0 Å². The highest BCUT2D eigenvalue weighted by atomic mass is 35.5. The first kappa shape index (κ1) is 19.5. The first-order valence-electron chi connectivity index (χ1n) is 9.79. The van der Waals surface area contributed by atoms with Crippen LogP contribution in [0.3, 0.4) is 0 Å². The Balaban J connectivity index is 1.92. The highest BCUT2D eigenvalue weighted by Gasteiger charge is 2.49. The number of allylic oxidation sites excluding steroid dienone is 2. The Hall–Kier alpha value is -1.81. The smallest absolute Gasteiger partial charge is 0.161 e. The van der Waals surface area contributed by atoms with Crippen molar-refractivity contribution in [2.24, 2.45) is 21.7 Å². The standard InChI is InChI=1S/C23H25ClFNO2/c1-22(2)8-15-20(17(27)10-22)19(12-5-6-14(25)13(24)7-12)21-16(26-15)9-23(3,4)11-18(21)28/h5-7,19-20H,8-11H2,1-4H3. The van der Waals surface area contributed by atoms with Crippen LogP contribution in [0.5, 0.6) is 0 Å². The molecule has 0 spiro atoms. The molecule has 2 atom stereocenters. The van der Waals surface area contributed by atoms with Crippen LogP contribution >= 0.6 is 11.6 Å². The van der Waals surface area contributed by atoms with Crippen LogP contribution in [0, 0.1) is 22.6 Å². The molecule has 1 aromatic rings. The number of aliphatic imine (C=N–C) groups is 1. The van der Waals surface area contributed by atoms with Crippen molar-refractivity contribution in [3.8, 4) is 0 Å². The fourth-order valence-electron chi connectivity index (χ4n) is 5.08. The zero-order valence-corrected chi connectivity index (χ0v) is 17.5. The number of hydrogen-bond donors (Lipinski definition) is 0. The molecule has 0 saturated heterocycles. The number of ketones is 2. The van der Waals surface area contributed by atoms with Gasteiger partial charge in [0, 0.05) is 35.7 Å². The summed E-state index contributed by atoms with van der Waals surface area (Å²) in [7, 11) is 0. The molecule has 3 nitrogen and oxygen atoms in total. The van der Waals surface area contributed by atoms with Gasteiger partial charge in [0.2, 0.25) is 0 Å². The van der Waals surface area contributed by atoms with E-state index in [0.29, 0.717) is 24.8 Å².